The van der Waals surface area contributed by atoms with E-state index in [0.717, 1.165) is 31.4 Å². The van der Waals surface area contributed by atoms with Gasteiger partial charge in [-0.15, -0.1) is 0 Å². The summed E-state index contributed by atoms with van der Waals surface area (Å²) < 4.78 is 41.2. The monoisotopic (exact) mass is 382 g/mol. The number of sulfonamides is 1. The summed E-state index contributed by atoms with van der Waals surface area (Å²) in [5.41, 5.74) is 5.82. The molecule has 0 saturated heterocycles. The van der Waals surface area contributed by atoms with Crippen molar-refractivity contribution in [2.45, 2.75) is 35.4 Å². The van der Waals surface area contributed by atoms with E-state index in [1.807, 2.05) is 6.26 Å². The Kier molecular flexibility index (Phi) is 4.99. The molecule has 0 radical (unpaired) electrons. The van der Waals surface area contributed by atoms with E-state index in [1.54, 1.807) is 11.8 Å². The second-order valence-corrected chi connectivity index (χ2v) is 8.47. The molecular weight excluding hydrogens is 367 g/mol. The number of anilines is 1. The molecule has 0 bridgehead atoms. The molecule has 20 heavy (non-hydrogen) atoms. The zero-order valence-corrected chi connectivity index (χ0v) is 14.1. The van der Waals surface area contributed by atoms with E-state index in [0.29, 0.717) is 9.72 Å². The van der Waals surface area contributed by atoms with Gasteiger partial charge in [-0.1, -0.05) is 0 Å². The Balaban J connectivity index is 2.21. The smallest absolute Gasteiger partial charge is 0.243 e. The van der Waals surface area contributed by atoms with Gasteiger partial charge in [0.2, 0.25) is 10.0 Å². The van der Waals surface area contributed by atoms with E-state index in [2.05, 4.69) is 20.7 Å². The fourth-order valence-corrected chi connectivity index (χ4v) is 4.78. The van der Waals surface area contributed by atoms with E-state index >= 15 is 0 Å². The van der Waals surface area contributed by atoms with Gasteiger partial charge in [-0.3, -0.25) is 0 Å². The van der Waals surface area contributed by atoms with Crippen molar-refractivity contribution in [1.82, 2.24) is 4.72 Å². The van der Waals surface area contributed by atoms with Gasteiger partial charge in [-0.05, 0) is 53.6 Å². The molecule has 0 heterocycles. The highest BCUT2D eigenvalue weighted by Crippen LogP contribution is 2.30. The van der Waals surface area contributed by atoms with Gasteiger partial charge in [0.1, 0.15) is 10.7 Å². The predicted octanol–water partition coefficient (Wildman–Crippen LogP) is 2.73. The van der Waals surface area contributed by atoms with Crippen LogP contribution in [0, 0.1) is 5.82 Å². The van der Waals surface area contributed by atoms with Crippen molar-refractivity contribution in [3.63, 3.8) is 0 Å². The van der Waals surface area contributed by atoms with Crippen LogP contribution in [0.4, 0.5) is 10.1 Å². The van der Waals surface area contributed by atoms with Gasteiger partial charge in [-0.2, -0.15) is 11.8 Å². The molecule has 0 aromatic heterocycles. The summed E-state index contributed by atoms with van der Waals surface area (Å²) in [4.78, 5) is -0.397. The average Bonchev–Trinajstić information content (AvgIpc) is 2.80. The molecule has 8 heteroatoms. The maximum absolute atomic E-state index is 13.8. The average molecular weight is 383 g/mol. The summed E-state index contributed by atoms with van der Waals surface area (Å²) in [7, 11) is -3.88. The van der Waals surface area contributed by atoms with Crippen molar-refractivity contribution in [1.29, 1.82) is 0 Å². The third-order valence-corrected chi connectivity index (χ3v) is 6.70. The predicted molar refractivity (Wildman–Crippen MR) is 83.8 cm³/mol. The summed E-state index contributed by atoms with van der Waals surface area (Å²) in [5.74, 6) is -0.807. The van der Waals surface area contributed by atoms with Crippen LogP contribution in [0.1, 0.15) is 19.3 Å². The highest BCUT2D eigenvalue weighted by atomic mass is 79.9. The maximum Gasteiger partial charge on any atom is 0.243 e. The number of halogens is 2. The van der Waals surface area contributed by atoms with Crippen LogP contribution in [0.25, 0.3) is 0 Å². The van der Waals surface area contributed by atoms with Crippen molar-refractivity contribution >= 4 is 43.4 Å². The minimum atomic E-state index is -3.88. The van der Waals surface area contributed by atoms with Crippen LogP contribution < -0.4 is 10.5 Å². The van der Waals surface area contributed by atoms with Crippen molar-refractivity contribution < 1.29 is 12.8 Å². The largest absolute Gasteiger partial charge is 0.398 e. The minimum Gasteiger partial charge on any atom is -0.398 e. The van der Waals surface area contributed by atoms with E-state index in [9.17, 15) is 12.8 Å². The Morgan fingerprint density at radius 2 is 2.15 bits per heavy atom. The van der Waals surface area contributed by atoms with Crippen LogP contribution in [-0.4, -0.2) is 26.0 Å². The molecule has 1 aliphatic carbocycles. The standard InChI is InChI=1S/C12H16BrFN2O2S2/c1-19-8-3-2-7(4-8)16-20(17,18)12-6-11(15)9(13)5-10(12)14/h5-8,16H,2-4,15H2,1H3. The summed E-state index contributed by atoms with van der Waals surface area (Å²) >= 11 is 4.80. The van der Waals surface area contributed by atoms with Gasteiger partial charge in [0.15, 0.2) is 0 Å². The molecule has 0 aliphatic heterocycles. The van der Waals surface area contributed by atoms with Crippen molar-refractivity contribution in [3.05, 3.63) is 22.4 Å². The molecule has 0 amide bonds. The second-order valence-electron chi connectivity index (χ2n) is 4.79. The number of thioether (sulfide) groups is 1. The van der Waals surface area contributed by atoms with Gasteiger partial charge in [0.25, 0.3) is 0 Å². The number of benzene rings is 1. The number of rotatable bonds is 4. The zero-order chi connectivity index (χ0) is 14.9. The van der Waals surface area contributed by atoms with E-state index in [4.69, 9.17) is 5.73 Å². The normalized spacial score (nSPS) is 23.1. The quantitative estimate of drug-likeness (QED) is 0.785. The number of nitrogens with one attached hydrogen (secondary N) is 1. The highest BCUT2D eigenvalue weighted by Gasteiger charge is 2.29. The van der Waals surface area contributed by atoms with Crippen molar-refractivity contribution in [2.24, 2.45) is 0 Å². The number of nitrogens with two attached hydrogens (primary N) is 1. The summed E-state index contributed by atoms with van der Waals surface area (Å²) in [6.07, 6.45) is 4.53. The van der Waals surface area contributed by atoms with Gasteiger partial charge in [0, 0.05) is 21.5 Å². The molecule has 1 aliphatic rings. The molecular formula is C12H16BrFN2O2S2. The Morgan fingerprint density at radius 1 is 1.45 bits per heavy atom. The molecule has 1 saturated carbocycles. The van der Waals surface area contributed by atoms with Crippen LogP contribution in [0.3, 0.4) is 0 Å². The fraction of sp³-hybridized carbons (Fsp3) is 0.500. The Hall–Kier alpha value is -0.310. The van der Waals surface area contributed by atoms with Gasteiger partial charge < -0.3 is 5.73 Å². The molecule has 1 aromatic carbocycles. The Morgan fingerprint density at radius 3 is 2.75 bits per heavy atom. The van der Waals surface area contributed by atoms with Gasteiger partial charge in [-0.25, -0.2) is 17.5 Å². The fourth-order valence-electron chi connectivity index (χ4n) is 2.29. The maximum atomic E-state index is 13.8. The topological polar surface area (TPSA) is 72.2 Å². The van der Waals surface area contributed by atoms with Crippen molar-refractivity contribution in [3.8, 4) is 0 Å². The minimum absolute atomic E-state index is 0.137. The lowest BCUT2D eigenvalue weighted by Gasteiger charge is -2.14. The first-order chi connectivity index (χ1) is 9.33. The molecule has 2 atom stereocenters. The third-order valence-electron chi connectivity index (χ3n) is 3.38. The Labute approximate surface area is 130 Å². The summed E-state index contributed by atoms with van der Waals surface area (Å²) in [5, 5.41) is 0.461. The number of hydrogen-bond donors (Lipinski definition) is 2. The second kappa shape index (κ2) is 6.21. The lowest BCUT2D eigenvalue weighted by molar-refractivity contribution is 0.537. The number of hydrogen-bond acceptors (Lipinski definition) is 4. The first-order valence-electron chi connectivity index (χ1n) is 6.13. The number of nitrogen functional groups attached to an aromatic ring is 1. The zero-order valence-electron chi connectivity index (χ0n) is 10.9. The van der Waals surface area contributed by atoms with Crippen LogP contribution in [-0.2, 0) is 10.0 Å². The first kappa shape index (κ1) is 16.1. The molecule has 1 aromatic rings. The third kappa shape index (κ3) is 3.47. The highest BCUT2D eigenvalue weighted by molar-refractivity contribution is 9.10. The molecule has 112 valence electrons. The van der Waals surface area contributed by atoms with Crippen LogP contribution >= 0.6 is 27.7 Å². The van der Waals surface area contributed by atoms with Crippen LogP contribution in [0.15, 0.2) is 21.5 Å². The summed E-state index contributed by atoms with van der Waals surface area (Å²) in [6, 6.07) is 2.08. The summed E-state index contributed by atoms with van der Waals surface area (Å²) in [6.45, 7) is 0. The van der Waals surface area contributed by atoms with Gasteiger partial charge >= 0.3 is 0 Å². The van der Waals surface area contributed by atoms with Crippen LogP contribution in [0.2, 0.25) is 0 Å². The lowest BCUT2D eigenvalue weighted by atomic mass is 10.3. The molecule has 2 unspecified atom stereocenters. The molecule has 1 fully saturated rings. The molecule has 2 rings (SSSR count). The first-order valence-corrected chi connectivity index (χ1v) is 9.69. The Bertz CT molecular complexity index is 610. The molecule has 4 nitrogen and oxygen atoms in total. The SMILES string of the molecule is CSC1CCC(NS(=O)(=O)c2cc(N)c(Br)cc2F)C1. The van der Waals surface area contributed by atoms with Crippen LogP contribution in [0.5, 0.6) is 0 Å². The van der Waals surface area contributed by atoms with E-state index in [-0.39, 0.29) is 11.7 Å². The lowest BCUT2D eigenvalue weighted by Crippen LogP contribution is -2.33. The molecule has 0 spiro atoms. The molecule has 3 N–H and O–H groups in total. The van der Waals surface area contributed by atoms with E-state index < -0.39 is 20.7 Å². The van der Waals surface area contributed by atoms with E-state index in [1.165, 1.54) is 0 Å². The van der Waals surface area contributed by atoms with Crippen molar-refractivity contribution in [2.75, 3.05) is 12.0 Å². The van der Waals surface area contributed by atoms with Gasteiger partial charge in [0.05, 0.1) is 0 Å².